The number of nitrogens with zero attached hydrogens (tertiary/aromatic N) is 1. The zero-order chi connectivity index (χ0) is 18.6. The highest BCUT2D eigenvalue weighted by Gasteiger charge is 2.42. The van der Waals surface area contributed by atoms with Crippen molar-refractivity contribution in [3.05, 3.63) is 65.7 Å². The summed E-state index contributed by atoms with van der Waals surface area (Å²) in [6, 6.07) is 19.0. The number of fused-ring (bicyclic) bond motifs is 3. The van der Waals surface area contributed by atoms with E-state index in [0.29, 0.717) is 12.5 Å². The Bertz CT molecular complexity index is 779. The lowest BCUT2D eigenvalue weighted by molar-refractivity contribution is -0.123. The van der Waals surface area contributed by atoms with Crippen molar-refractivity contribution in [3.8, 4) is 0 Å². The molecule has 1 amide bonds. The van der Waals surface area contributed by atoms with Gasteiger partial charge in [0.05, 0.1) is 6.04 Å². The predicted molar refractivity (Wildman–Crippen MR) is 108 cm³/mol. The lowest BCUT2D eigenvalue weighted by Gasteiger charge is -2.29. The minimum absolute atomic E-state index is 0.108. The molecule has 1 aliphatic carbocycles. The molecule has 2 aromatic carbocycles. The number of carbonyl (C=O) groups is 1. The molecule has 3 unspecified atom stereocenters. The Labute approximate surface area is 161 Å². The van der Waals surface area contributed by atoms with Crippen LogP contribution in [0.3, 0.4) is 0 Å². The first-order valence-electron chi connectivity index (χ1n) is 9.87. The zero-order valence-electron chi connectivity index (χ0n) is 15.8. The molecule has 2 aliphatic rings. The molecule has 1 aliphatic heterocycles. The minimum atomic E-state index is -0.157. The van der Waals surface area contributed by atoms with Crippen molar-refractivity contribution in [2.24, 2.45) is 5.92 Å². The average molecular weight is 364 g/mol. The quantitative estimate of drug-likeness (QED) is 0.689. The van der Waals surface area contributed by atoms with E-state index in [1.165, 1.54) is 16.8 Å². The molecular weight excluding hydrogens is 336 g/mol. The second-order valence-electron chi connectivity index (χ2n) is 7.55. The van der Waals surface area contributed by atoms with Crippen molar-refractivity contribution in [1.82, 2.24) is 16.2 Å². The van der Waals surface area contributed by atoms with Crippen molar-refractivity contribution < 1.29 is 4.79 Å². The lowest BCUT2D eigenvalue weighted by atomic mass is 9.77. The van der Waals surface area contributed by atoms with Crippen LogP contribution in [0.5, 0.6) is 0 Å². The second kappa shape index (κ2) is 8.11. The summed E-state index contributed by atoms with van der Waals surface area (Å²) in [4.78, 5) is 14.9. The van der Waals surface area contributed by atoms with Crippen LogP contribution >= 0.6 is 0 Å². The normalized spacial score (nSPS) is 23.4. The smallest absolute Gasteiger partial charge is 0.238 e. The molecule has 1 heterocycles. The molecule has 2 aromatic rings. The van der Waals surface area contributed by atoms with Crippen LogP contribution in [0.4, 0.5) is 5.69 Å². The number of amides is 1. The first-order chi connectivity index (χ1) is 13.2. The maximum absolute atomic E-state index is 12.7. The lowest BCUT2D eigenvalue weighted by Crippen LogP contribution is -2.46. The minimum Gasteiger partial charge on any atom is -0.375 e. The van der Waals surface area contributed by atoms with Gasteiger partial charge in [-0.05, 0) is 42.5 Å². The SMILES string of the molecule is CN(CCCNC(=O)C1NNC2c3ccccc3CCC12)c1ccccc1. The van der Waals surface area contributed by atoms with Crippen LogP contribution in [0.2, 0.25) is 0 Å². The molecular formula is C22H28N4O. The van der Waals surface area contributed by atoms with Crippen LogP contribution in [0.1, 0.15) is 30.0 Å². The molecule has 142 valence electrons. The number of anilines is 1. The molecule has 0 bridgehead atoms. The Kier molecular flexibility index (Phi) is 5.41. The molecule has 27 heavy (non-hydrogen) atoms. The number of hydrogen-bond acceptors (Lipinski definition) is 4. The maximum atomic E-state index is 12.7. The molecule has 4 rings (SSSR count). The van der Waals surface area contributed by atoms with E-state index in [2.05, 4.69) is 64.5 Å². The van der Waals surface area contributed by atoms with Gasteiger partial charge in [-0.1, -0.05) is 42.5 Å². The fourth-order valence-electron chi connectivity index (χ4n) is 4.32. The summed E-state index contributed by atoms with van der Waals surface area (Å²) in [5, 5.41) is 3.12. The Morgan fingerprint density at radius 1 is 1.11 bits per heavy atom. The Balaban J connectivity index is 1.26. The highest BCUT2D eigenvalue weighted by molar-refractivity contribution is 5.82. The van der Waals surface area contributed by atoms with Crippen LogP contribution in [0.15, 0.2) is 54.6 Å². The molecule has 5 nitrogen and oxygen atoms in total. The summed E-state index contributed by atoms with van der Waals surface area (Å²) in [5.41, 5.74) is 10.5. The van der Waals surface area contributed by atoms with E-state index in [4.69, 9.17) is 0 Å². The van der Waals surface area contributed by atoms with Crippen molar-refractivity contribution in [2.45, 2.75) is 31.3 Å². The van der Waals surface area contributed by atoms with E-state index in [9.17, 15) is 4.79 Å². The molecule has 0 spiro atoms. The van der Waals surface area contributed by atoms with Gasteiger partial charge in [0.2, 0.25) is 5.91 Å². The van der Waals surface area contributed by atoms with Gasteiger partial charge in [0.15, 0.2) is 0 Å². The maximum Gasteiger partial charge on any atom is 0.238 e. The largest absolute Gasteiger partial charge is 0.375 e. The number of rotatable bonds is 6. The fraction of sp³-hybridized carbons (Fsp3) is 0.409. The second-order valence-corrected chi connectivity index (χ2v) is 7.55. The van der Waals surface area contributed by atoms with Crippen LogP contribution in [-0.2, 0) is 11.2 Å². The molecule has 0 radical (unpaired) electrons. The van der Waals surface area contributed by atoms with E-state index in [0.717, 1.165) is 25.8 Å². The van der Waals surface area contributed by atoms with Gasteiger partial charge in [-0.3, -0.25) is 4.79 Å². The van der Waals surface area contributed by atoms with Crippen LogP contribution in [0, 0.1) is 5.92 Å². The highest BCUT2D eigenvalue weighted by Crippen LogP contribution is 2.38. The van der Waals surface area contributed by atoms with Crippen molar-refractivity contribution >= 4 is 11.6 Å². The number of hydrazine groups is 1. The van der Waals surface area contributed by atoms with Gasteiger partial charge in [-0.25, -0.2) is 10.9 Å². The van der Waals surface area contributed by atoms with Crippen LogP contribution < -0.4 is 21.1 Å². The Morgan fingerprint density at radius 2 is 1.89 bits per heavy atom. The van der Waals surface area contributed by atoms with E-state index in [1.54, 1.807) is 0 Å². The summed E-state index contributed by atoms with van der Waals surface area (Å²) >= 11 is 0. The molecule has 3 atom stereocenters. The number of nitrogens with one attached hydrogen (secondary N) is 3. The van der Waals surface area contributed by atoms with Gasteiger partial charge in [0.25, 0.3) is 0 Å². The predicted octanol–water partition coefficient (Wildman–Crippen LogP) is 2.41. The van der Waals surface area contributed by atoms with Gasteiger partial charge in [0.1, 0.15) is 6.04 Å². The first kappa shape index (κ1) is 18.0. The van der Waals surface area contributed by atoms with E-state index in [1.807, 2.05) is 18.2 Å². The van der Waals surface area contributed by atoms with Crippen molar-refractivity contribution in [1.29, 1.82) is 0 Å². The zero-order valence-corrected chi connectivity index (χ0v) is 15.8. The van der Waals surface area contributed by atoms with Crippen molar-refractivity contribution in [2.75, 3.05) is 25.0 Å². The highest BCUT2D eigenvalue weighted by atomic mass is 16.2. The van der Waals surface area contributed by atoms with Gasteiger partial charge in [-0.15, -0.1) is 0 Å². The summed E-state index contributed by atoms with van der Waals surface area (Å²) in [5.74, 6) is 0.420. The molecule has 3 N–H and O–H groups in total. The average Bonchev–Trinajstić information content (AvgIpc) is 3.16. The van der Waals surface area contributed by atoms with E-state index < -0.39 is 0 Å². The molecule has 5 heteroatoms. The van der Waals surface area contributed by atoms with Gasteiger partial charge in [-0.2, -0.15) is 0 Å². The fourth-order valence-corrected chi connectivity index (χ4v) is 4.32. The Morgan fingerprint density at radius 3 is 2.74 bits per heavy atom. The van der Waals surface area contributed by atoms with Crippen LogP contribution in [0.25, 0.3) is 0 Å². The topological polar surface area (TPSA) is 56.4 Å². The monoisotopic (exact) mass is 364 g/mol. The molecule has 0 saturated carbocycles. The number of carbonyl (C=O) groups excluding carboxylic acids is 1. The van der Waals surface area contributed by atoms with E-state index in [-0.39, 0.29) is 18.0 Å². The Hall–Kier alpha value is -2.37. The van der Waals surface area contributed by atoms with Crippen LogP contribution in [-0.4, -0.2) is 32.1 Å². The van der Waals surface area contributed by atoms with Gasteiger partial charge in [0, 0.05) is 31.7 Å². The summed E-state index contributed by atoms with van der Waals surface area (Å²) in [6.45, 7) is 1.61. The summed E-state index contributed by atoms with van der Waals surface area (Å²) < 4.78 is 0. The third-order valence-corrected chi connectivity index (χ3v) is 5.84. The third kappa shape index (κ3) is 3.84. The molecule has 1 saturated heterocycles. The molecule has 1 fully saturated rings. The van der Waals surface area contributed by atoms with Gasteiger partial charge < -0.3 is 10.2 Å². The van der Waals surface area contributed by atoms with E-state index >= 15 is 0 Å². The number of para-hydroxylation sites is 1. The third-order valence-electron chi connectivity index (χ3n) is 5.84. The first-order valence-corrected chi connectivity index (χ1v) is 9.87. The van der Waals surface area contributed by atoms with Gasteiger partial charge >= 0.3 is 0 Å². The number of hydrogen-bond donors (Lipinski definition) is 3. The number of aryl methyl sites for hydroxylation is 1. The summed E-state index contributed by atoms with van der Waals surface area (Å²) in [7, 11) is 2.09. The standard InChI is InChI=1S/C22H28N4O/c1-26(17-9-3-2-4-10-17)15-7-14-23-22(27)21-19-13-12-16-8-5-6-11-18(16)20(19)24-25-21/h2-6,8-11,19-21,24-25H,7,12-15H2,1H3,(H,23,27). The molecule has 0 aromatic heterocycles. The van der Waals surface area contributed by atoms with Crippen molar-refractivity contribution in [3.63, 3.8) is 0 Å². The summed E-state index contributed by atoms with van der Waals surface area (Å²) in [6.07, 6.45) is 3.01. The number of benzene rings is 2.